The Labute approximate surface area is 162 Å². The van der Waals surface area contributed by atoms with Crippen LogP contribution in [0, 0.1) is 0 Å². The zero-order valence-corrected chi connectivity index (χ0v) is 16.1. The number of aromatic amines is 1. The zero-order valence-electron chi connectivity index (χ0n) is 16.1. The second-order valence-electron chi connectivity index (χ2n) is 6.53. The van der Waals surface area contributed by atoms with Gasteiger partial charge >= 0.3 is 0 Å². The molecular weight excluding hydrogens is 358 g/mol. The molecule has 0 radical (unpaired) electrons. The van der Waals surface area contributed by atoms with E-state index in [1.165, 1.54) is 0 Å². The first-order valence-corrected chi connectivity index (χ1v) is 8.80. The molecule has 1 amide bonds. The predicted octanol–water partition coefficient (Wildman–Crippen LogP) is 3.28. The first kappa shape index (κ1) is 17.9. The molecule has 0 bridgehead atoms. The number of carbonyl (C=O) groups is 1. The summed E-state index contributed by atoms with van der Waals surface area (Å²) in [6.07, 6.45) is 0. The summed E-state index contributed by atoms with van der Waals surface area (Å²) in [4.78, 5) is 14.5. The van der Waals surface area contributed by atoms with Gasteiger partial charge in [0.05, 0.1) is 33.1 Å². The van der Waals surface area contributed by atoms with Crippen molar-refractivity contribution >= 4 is 5.91 Å². The van der Waals surface area contributed by atoms with E-state index in [0.717, 1.165) is 28.1 Å². The van der Waals surface area contributed by atoms with Gasteiger partial charge in [0.15, 0.2) is 11.5 Å². The van der Waals surface area contributed by atoms with Crippen molar-refractivity contribution < 1.29 is 19.0 Å². The molecule has 7 nitrogen and oxygen atoms in total. The summed E-state index contributed by atoms with van der Waals surface area (Å²) in [6, 6.07) is 13.0. The summed E-state index contributed by atoms with van der Waals surface area (Å²) in [7, 11) is 6.60. The number of ether oxygens (including phenoxy) is 3. The minimum absolute atomic E-state index is 0.101. The number of hydrogen-bond donors (Lipinski definition) is 1. The summed E-state index contributed by atoms with van der Waals surface area (Å²) in [5.41, 5.74) is 3.86. The number of aromatic nitrogens is 2. The molecule has 144 valence electrons. The average Bonchev–Trinajstić information content (AvgIpc) is 3.27. The van der Waals surface area contributed by atoms with Crippen molar-refractivity contribution in [2.24, 2.45) is 0 Å². The van der Waals surface area contributed by atoms with Gasteiger partial charge in [0, 0.05) is 18.2 Å². The molecule has 1 atom stereocenters. The molecular formula is C21H21N3O4. The number of methoxy groups -OCH3 is 3. The van der Waals surface area contributed by atoms with Crippen LogP contribution in [0.5, 0.6) is 17.2 Å². The van der Waals surface area contributed by atoms with E-state index in [0.29, 0.717) is 17.2 Å². The third-order valence-corrected chi connectivity index (χ3v) is 5.07. The molecule has 0 spiro atoms. The van der Waals surface area contributed by atoms with Gasteiger partial charge in [-0.3, -0.25) is 9.89 Å². The number of H-pyrrole nitrogens is 1. The van der Waals surface area contributed by atoms with Crippen LogP contribution in [0.3, 0.4) is 0 Å². The van der Waals surface area contributed by atoms with Crippen LogP contribution in [0.1, 0.15) is 27.7 Å². The molecule has 1 aliphatic heterocycles. The van der Waals surface area contributed by atoms with Crippen LogP contribution >= 0.6 is 0 Å². The maximum Gasteiger partial charge on any atom is 0.272 e. The van der Waals surface area contributed by atoms with Crippen LogP contribution < -0.4 is 14.2 Å². The number of carbonyl (C=O) groups excluding carboxylic acids is 1. The molecule has 28 heavy (non-hydrogen) atoms. The van der Waals surface area contributed by atoms with Crippen LogP contribution in [0.25, 0.3) is 11.3 Å². The normalized spacial score (nSPS) is 15.5. The van der Waals surface area contributed by atoms with Gasteiger partial charge in [-0.15, -0.1) is 0 Å². The number of nitrogens with one attached hydrogen (secondary N) is 1. The summed E-state index contributed by atoms with van der Waals surface area (Å²) in [5, 5.41) is 7.35. The highest BCUT2D eigenvalue weighted by Gasteiger charge is 2.40. The quantitative estimate of drug-likeness (QED) is 0.736. The van der Waals surface area contributed by atoms with Crippen molar-refractivity contribution in [2.45, 2.75) is 6.04 Å². The Kier molecular flexibility index (Phi) is 4.43. The summed E-state index contributed by atoms with van der Waals surface area (Å²) >= 11 is 0. The number of amides is 1. The monoisotopic (exact) mass is 379 g/mol. The van der Waals surface area contributed by atoms with E-state index in [1.807, 2.05) is 42.5 Å². The zero-order chi connectivity index (χ0) is 19.8. The topological polar surface area (TPSA) is 76.7 Å². The molecule has 0 unspecified atom stereocenters. The largest absolute Gasteiger partial charge is 0.497 e. The summed E-state index contributed by atoms with van der Waals surface area (Å²) in [5.74, 6) is 1.88. The van der Waals surface area contributed by atoms with E-state index in [9.17, 15) is 4.79 Å². The van der Waals surface area contributed by atoms with Gasteiger partial charge in [0.25, 0.3) is 5.91 Å². The molecule has 2 aromatic carbocycles. The number of fused-ring (bicyclic) bond motifs is 1. The fraction of sp³-hybridized carbons (Fsp3) is 0.238. The Morgan fingerprint density at radius 1 is 1.00 bits per heavy atom. The molecule has 0 fully saturated rings. The fourth-order valence-electron chi connectivity index (χ4n) is 3.67. The van der Waals surface area contributed by atoms with Crippen molar-refractivity contribution in [1.29, 1.82) is 0 Å². The molecule has 0 saturated heterocycles. The molecule has 1 aromatic heterocycles. The van der Waals surface area contributed by atoms with E-state index < -0.39 is 0 Å². The Morgan fingerprint density at radius 3 is 2.50 bits per heavy atom. The van der Waals surface area contributed by atoms with E-state index in [4.69, 9.17) is 14.2 Å². The van der Waals surface area contributed by atoms with Gasteiger partial charge < -0.3 is 19.1 Å². The van der Waals surface area contributed by atoms with E-state index in [1.54, 1.807) is 33.3 Å². The summed E-state index contributed by atoms with van der Waals surface area (Å²) in [6.45, 7) is 0. The third kappa shape index (κ3) is 2.67. The van der Waals surface area contributed by atoms with Gasteiger partial charge in [-0.1, -0.05) is 18.2 Å². The molecule has 2 heterocycles. The second kappa shape index (κ2) is 6.92. The molecule has 1 N–H and O–H groups in total. The van der Waals surface area contributed by atoms with Crippen molar-refractivity contribution in [3.8, 4) is 28.5 Å². The Bertz CT molecular complexity index is 1040. The minimum atomic E-state index is -0.290. The van der Waals surface area contributed by atoms with Crippen molar-refractivity contribution in [1.82, 2.24) is 15.1 Å². The maximum absolute atomic E-state index is 12.8. The van der Waals surface area contributed by atoms with Gasteiger partial charge in [-0.2, -0.15) is 5.10 Å². The van der Waals surface area contributed by atoms with Crippen LogP contribution in [0.2, 0.25) is 0 Å². The molecule has 4 rings (SSSR count). The lowest BCUT2D eigenvalue weighted by Gasteiger charge is -2.23. The number of rotatable bonds is 5. The summed E-state index contributed by atoms with van der Waals surface area (Å²) < 4.78 is 16.1. The van der Waals surface area contributed by atoms with E-state index in [2.05, 4.69) is 10.2 Å². The Morgan fingerprint density at radius 2 is 1.79 bits per heavy atom. The SMILES string of the molecule is COc1cccc(-c2n[nH]c3c2[C@@H](c2ccc(OC)c(OC)c2)N(C)C3=O)c1. The van der Waals surface area contributed by atoms with Gasteiger partial charge in [-0.25, -0.2) is 0 Å². The highest BCUT2D eigenvalue weighted by atomic mass is 16.5. The first-order chi connectivity index (χ1) is 13.6. The van der Waals surface area contributed by atoms with Gasteiger partial charge in [-0.05, 0) is 29.8 Å². The van der Waals surface area contributed by atoms with Gasteiger partial charge in [0.2, 0.25) is 0 Å². The smallest absolute Gasteiger partial charge is 0.272 e. The number of hydrogen-bond acceptors (Lipinski definition) is 5. The Hall–Kier alpha value is -3.48. The molecule has 0 saturated carbocycles. The number of nitrogens with zero attached hydrogens (tertiary/aromatic N) is 2. The fourth-order valence-corrected chi connectivity index (χ4v) is 3.67. The Balaban J connectivity index is 1.87. The predicted molar refractivity (Wildman–Crippen MR) is 104 cm³/mol. The number of benzene rings is 2. The van der Waals surface area contributed by atoms with Crippen LogP contribution in [0.4, 0.5) is 0 Å². The first-order valence-electron chi connectivity index (χ1n) is 8.80. The van der Waals surface area contributed by atoms with Crippen molar-refractivity contribution in [3.63, 3.8) is 0 Å². The van der Waals surface area contributed by atoms with Crippen LogP contribution in [-0.4, -0.2) is 49.4 Å². The van der Waals surface area contributed by atoms with Crippen molar-refractivity contribution in [2.75, 3.05) is 28.4 Å². The lowest BCUT2D eigenvalue weighted by atomic mass is 9.96. The highest BCUT2D eigenvalue weighted by molar-refractivity contribution is 6.00. The van der Waals surface area contributed by atoms with Crippen LogP contribution in [0.15, 0.2) is 42.5 Å². The standard InChI is InChI=1S/C21H21N3O4/c1-24-20(13-8-9-15(27-3)16(11-13)28-4)17-18(22-23-19(17)21(24)25)12-6-5-7-14(10-12)26-2/h5-11,20H,1-4H3,(H,22,23)/t20-/m1/s1. The lowest BCUT2D eigenvalue weighted by Crippen LogP contribution is -2.24. The van der Waals surface area contributed by atoms with E-state index in [-0.39, 0.29) is 11.9 Å². The molecule has 3 aromatic rings. The molecule has 0 aliphatic carbocycles. The molecule has 1 aliphatic rings. The maximum atomic E-state index is 12.8. The highest BCUT2D eigenvalue weighted by Crippen LogP contribution is 2.44. The van der Waals surface area contributed by atoms with E-state index >= 15 is 0 Å². The lowest BCUT2D eigenvalue weighted by molar-refractivity contribution is 0.0787. The average molecular weight is 379 g/mol. The third-order valence-electron chi connectivity index (χ3n) is 5.07. The second-order valence-corrected chi connectivity index (χ2v) is 6.53. The van der Waals surface area contributed by atoms with Crippen LogP contribution in [-0.2, 0) is 0 Å². The van der Waals surface area contributed by atoms with Gasteiger partial charge in [0.1, 0.15) is 11.4 Å². The van der Waals surface area contributed by atoms with Crippen molar-refractivity contribution in [3.05, 3.63) is 59.3 Å². The minimum Gasteiger partial charge on any atom is -0.497 e. The molecule has 7 heteroatoms.